The van der Waals surface area contributed by atoms with Crippen LogP contribution in [0.25, 0.3) is 0 Å². The van der Waals surface area contributed by atoms with E-state index in [-0.39, 0.29) is 30.5 Å². The fourth-order valence-electron chi connectivity index (χ4n) is 2.84. The van der Waals surface area contributed by atoms with Gasteiger partial charge < -0.3 is 20.1 Å². The first-order chi connectivity index (χ1) is 12.1. The SMILES string of the molecule is Cc1cc(OCc2ccccc2)ccc1NC(=O)[C@H]1NCCO[C@@H]1C.Cl. The lowest BCUT2D eigenvalue weighted by atomic mass is 10.1. The average molecular weight is 377 g/mol. The summed E-state index contributed by atoms with van der Waals surface area (Å²) in [4.78, 5) is 12.4. The molecule has 2 aromatic rings. The number of benzene rings is 2. The van der Waals surface area contributed by atoms with E-state index in [2.05, 4.69) is 10.6 Å². The van der Waals surface area contributed by atoms with Gasteiger partial charge in [-0.15, -0.1) is 12.4 Å². The zero-order valence-electron chi connectivity index (χ0n) is 15.0. The van der Waals surface area contributed by atoms with Gasteiger partial charge in [-0.1, -0.05) is 30.3 Å². The summed E-state index contributed by atoms with van der Waals surface area (Å²) in [6.45, 7) is 5.71. The number of anilines is 1. The van der Waals surface area contributed by atoms with Crippen LogP contribution in [0.4, 0.5) is 5.69 Å². The first kappa shape index (κ1) is 20.2. The maximum atomic E-state index is 12.4. The van der Waals surface area contributed by atoms with E-state index in [1.165, 1.54) is 0 Å². The van der Waals surface area contributed by atoms with Gasteiger partial charge in [-0.05, 0) is 43.2 Å². The molecule has 0 saturated carbocycles. The zero-order valence-corrected chi connectivity index (χ0v) is 15.8. The minimum atomic E-state index is -0.331. The van der Waals surface area contributed by atoms with Crippen molar-refractivity contribution in [2.45, 2.75) is 32.6 Å². The van der Waals surface area contributed by atoms with Crippen LogP contribution in [-0.4, -0.2) is 31.2 Å². The second kappa shape index (κ2) is 9.57. The standard InChI is InChI=1S/C20H24N2O3.ClH/c1-14-12-17(25-13-16-6-4-3-5-7-16)8-9-18(14)22-20(23)19-15(2)24-11-10-21-19;/h3-9,12,15,19,21H,10-11,13H2,1-2H3,(H,22,23);1H/t15-,19+;/m1./s1. The van der Waals surface area contributed by atoms with Crippen LogP contribution in [0.3, 0.4) is 0 Å². The fourth-order valence-corrected chi connectivity index (χ4v) is 2.84. The van der Waals surface area contributed by atoms with Gasteiger partial charge in [0.15, 0.2) is 0 Å². The van der Waals surface area contributed by atoms with Crippen LogP contribution < -0.4 is 15.4 Å². The molecule has 1 saturated heterocycles. The molecular weight excluding hydrogens is 352 g/mol. The lowest BCUT2D eigenvalue weighted by Gasteiger charge is -2.29. The van der Waals surface area contributed by atoms with Crippen LogP contribution in [0.15, 0.2) is 48.5 Å². The monoisotopic (exact) mass is 376 g/mol. The molecule has 26 heavy (non-hydrogen) atoms. The highest BCUT2D eigenvalue weighted by Gasteiger charge is 2.28. The van der Waals surface area contributed by atoms with Crippen LogP contribution in [0.5, 0.6) is 5.75 Å². The Morgan fingerprint density at radius 1 is 1.27 bits per heavy atom. The molecule has 1 amide bonds. The molecule has 0 aromatic heterocycles. The van der Waals surface area contributed by atoms with Crippen molar-refractivity contribution in [1.29, 1.82) is 0 Å². The van der Waals surface area contributed by atoms with Gasteiger partial charge in [-0.25, -0.2) is 0 Å². The van der Waals surface area contributed by atoms with E-state index in [0.717, 1.165) is 22.6 Å². The van der Waals surface area contributed by atoms with Gasteiger partial charge in [0.2, 0.25) is 5.91 Å². The van der Waals surface area contributed by atoms with E-state index in [1.54, 1.807) is 0 Å². The highest BCUT2D eigenvalue weighted by molar-refractivity contribution is 5.96. The van der Waals surface area contributed by atoms with Gasteiger partial charge in [0.25, 0.3) is 0 Å². The third-order valence-electron chi connectivity index (χ3n) is 4.30. The molecule has 6 heteroatoms. The van der Waals surface area contributed by atoms with Crippen molar-refractivity contribution >= 4 is 24.0 Å². The molecule has 1 aliphatic rings. The van der Waals surface area contributed by atoms with Crippen molar-refractivity contribution in [1.82, 2.24) is 5.32 Å². The molecule has 1 heterocycles. The number of halogens is 1. The molecule has 1 fully saturated rings. The third kappa shape index (κ3) is 5.21. The van der Waals surface area contributed by atoms with Crippen molar-refractivity contribution in [3.8, 4) is 5.75 Å². The summed E-state index contributed by atoms with van der Waals surface area (Å²) in [5, 5.41) is 6.17. The number of aryl methyl sites for hydroxylation is 1. The lowest BCUT2D eigenvalue weighted by molar-refractivity contribution is -0.123. The number of ether oxygens (including phenoxy) is 2. The van der Waals surface area contributed by atoms with Gasteiger partial charge >= 0.3 is 0 Å². The number of carbonyl (C=O) groups excluding carboxylic acids is 1. The summed E-state index contributed by atoms with van der Waals surface area (Å²) in [7, 11) is 0. The number of nitrogens with one attached hydrogen (secondary N) is 2. The molecule has 2 atom stereocenters. The predicted molar refractivity (Wildman–Crippen MR) is 105 cm³/mol. The van der Waals surface area contributed by atoms with Crippen molar-refractivity contribution in [2.24, 2.45) is 0 Å². The average Bonchev–Trinajstić information content (AvgIpc) is 2.63. The van der Waals surface area contributed by atoms with Gasteiger partial charge in [-0.3, -0.25) is 4.79 Å². The first-order valence-electron chi connectivity index (χ1n) is 8.57. The number of amides is 1. The Labute approximate surface area is 160 Å². The van der Waals surface area contributed by atoms with Crippen LogP contribution in [-0.2, 0) is 16.1 Å². The minimum Gasteiger partial charge on any atom is -0.489 e. The summed E-state index contributed by atoms with van der Waals surface area (Å²) >= 11 is 0. The smallest absolute Gasteiger partial charge is 0.244 e. The molecule has 140 valence electrons. The maximum Gasteiger partial charge on any atom is 0.244 e. The molecule has 1 aliphatic heterocycles. The molecule has 0 unspecified atom stereocenters. The van der Waals surface area contributed by atoms with Crippen molar-refractivity contribution in [3.05, 3.63) is 59.7 Å². The van der Waals surface area contributed by atoms with E-state index < -0.39 is 0 Å². The maximum absolute atomic E-state index is 12.4. The summed E-state index contributed by atoms with van der Waals surface area (Å²) < 4.78 is 11.4. The van der Waals surface area contributed by atoms with Crippen molar-refractivity contribution in [2.75, 3.05) is 18.5 Å². The molecule has 2 aromatic carbocycles. The number of carbonyl (C=O) groups is 1. The molecule has 0 aliphatic carbocycles. The van der Waals surface area contributed by atoms with E-state index >= 15 is 0 Å². The molecular formula is C20H25ClN2O3. The Morgan fingerprint density at radius 2 is 2.04 bits per heavy atom. The quantitative estimate of drug-likeness (QED) is 0.840. The number of morpholine rings is 1. The number of rotatable bonds is 5. The Hall–Kier alpha value is -2.08. The molecule has 0 bridgehead atoms. The molecule has 3 rings (SSSR count). The summed E-state index contributed by atoms with van der Waals surface area (Å²) in [6.07, 6.45) is -0.137. The predicted octanol–water partition coefficient (Wildman–Crippen LogP) is 3.31. The van der Waals surface area contributed by atoms with Crippen LogP contribution >= 0.6 is 12.4 Å². The zero-order chi connectivity index (χ0) is 17.6. The second-order valence-electron chi connectivity index (χ2n) is 6.25. The minimum absolute atomic E-state index is 0. The highest BCUT2D eigenvalue weighted by atomic mass is 35.5. The van der Waals surface area contributed by atoms with E-state index in [1.807, 2.05) is 62.4 Å². The van der Waals surface area contributed by atoms with Gasteiger partial charge in [0, 0.05) is 12.2 Å². The Morgan fingerprint density at radius 3 is 2.73 bits per heavy atom. The summed E-state index contributed by atoms with van der Waals surface area (Å²) in [5.74, 6) is 0.708. The van der Waals surface area contributed by atoms with Crippen molar-refractivity contribution < 1.29 is 14.3 Å². The largest absolute Gasteiger partial charge is 0.489 e. The second-order valence-corrected chi connectivity index (χ2v) is 6.25. The third-order valence-corrected chi connectivity index (χ3v) is 4.30. The van der Waals surface area contributed by atoms with E-state index in [4.69, 9.17) is 9.47 Å². The van der Waals surface area contributed by atoms with E-state index in [0.29, 0.717) is 19.8 Å². The fraction of sp³-hybridized carbons (Fsp3) is 0.350. The number of hydrogen-bond donors (Lipinski definition) is 2. The van der Waals surface area contributed by atoms with Gasteiger partial charge in [0.1, 0.15) is 18.4 Å². The van der Waals surface area contributed by atoms with E-state index in [9.17, 15) is 4.79 Å². The Bertz CT molecular complexity index is 724. The summed E-state index contributed by atoms with van der Waals surface area (Å²) in [5.41, 5.74) is 2.87. The van der Waals surface area contributed by atoms with Gasteiger partial charge in [0.05, 0.1) is 12.7 Å². The molecule has 5 nitrogen and oxygen atoms in total. The number of hydrogen-bond acceptors (Lipinski definition) is 4. The van der Waals surface area contributed by atoms with Gasteiger partial charge in [-0.2, -0.15) is 0 Å². The topological polar surface area (TPSA) is 59.6 Å². The summed E-state index contributed by atoms with van der Waals surface area (Å²) in [6, 6.07) is 15.4. The normalized spacial score (nSPS) is 19.3. The van der Waals surface area contributed by atoms with Crippen LogP contribution in [0, 0.1) is 6.92 Å². The Balaban J connectivity index is 0.00000243. The Kier molecular flexibility index (Phi) is 7.45. The first-order valence-corrected chi connectivity index (χ1v) is 8.57. The van der Waals surface area contributed by atoms with Crippen LogP contribution in [0.2, 0.25) is 0 Å². The lowest BCUT2D eigenvalue weighted by Crippen LogP contribution is -2.53. The molecule has 0 spiro atoms. The molecule has 2 N–H and O–H groups in total. The van der Waals surface area contributed by atoms with Crippen molar-refractivity contribution in [3.63, 3.8) is 0 Å². The highest BCUT2D eigenvalue weighted by Crippen LogP contribution is 2.23. The van der Waals surface area contributed by atoms with Crippen LogP contribution in [0.1, 0.15) is 18.1 Å². The molecule has 0 radical (unpaired) electrons.